The van der Waals surface area contributed by atoms with Crippen LogP contribution in [-0.2, 0) is 6.18 Å². The van der Waals surface area contributed by atoms with Gasteiger partial charge in [0.15, 0.2) is 5.15 Å². The van der Waals surface area contributed by atoms with Crippen LogP contribution in [0, 0.1) is 5.82 Å². The Labute approximate surface area is 119 Å². The number of rotatable bonds is 2. The summed E-state index contributed by atoms with van der Waals surface area (Å²) in [5, 5.41) is -0.625. The van der Waals surface area contributed by atoms with Gasteiger partial charge in [0.25, 0.3) is 6.43 Å². The van der Waals surface area contributed by atoms with Crippen LogP contribution < -0.4 is 0 Å². The van der Waals surface area contributed by atoms with E-state index in [-0.39, 0.29) is 11.3 Å². The Kier molecular flexibility index (Phi) is 4.08. The summed E-state index contributed by atoms with van der Waals surface area (Å²) in [6.45, 7) is 0. The Hall–Kier alpha value is -1.83. The first-order chi connectivity index (χ1) is 9.70. The molecule has 0 bridgehead atoms. The van der Waals surface area contributed by atoms with Crippen LogP contribution >= 0.6 is 11.6 Å². The van der Waals surface area contributed by atoms with E-state index >= 15 is 0 Å². The van der Waals surface area contributed by atoms with Gasteiger partial charge in [0.2, 0.25) is 0 Å². The molecule has 0 aliphatic rings. The Morgan fingerprint density at radius 1 is 1.14 bits per heavy atom. The lowest BCUT2D eigenvalue weighted by Crippen LogP contribution is -2.08. The topological polar surface area (TPSA) is 25.8 Å². The van der Waals surface area contributed by atoms with Gasteiger partial charge in [-0.1, -0.05) is 11.6 Å². The molecule has 0 saturated carbocycles. The highest BCUT2D eigenvalue weighted by molar-refractivity contribution is 6.30. The zero-order valence-corrected chi connectivity index (χ0v) is 10.7. The van der Waals surface area contributed by atoms with Crippen LogP contribution in [0.1, 0.15) is 17.7 Å². The van der Waals surface area contributed by atoms with Gasteiger partial charge >= 0.3 is 6.18 Å². The fourth-order valence-corrected chi connectivity index (χ4v) is 1.79. The van der Waals surface area contributed by atoms with Crippen LogP contribution in [-0.4, -0.2) is 9.97 Å². The van der Waals surface area contributed by atoms with Gasteiger partial charge in [0.1, 0.15) is 11.5 Å². The molecule has 0 unspecified atom stereocenters. The number of nitrogens with zero attached hydrogens (tertiary/aromatic N) is 2. The highest BCUT2D eigenvalue weighted by Crippen LogP contribution is 2.34. The van der Waals surface area contributed by atoms with Gasteiger partial charge in [0.05, 0.1) is 17.5 Å². The number of hydrogen-bond donors (Lipinski definition) is 0. The van der Waals surface area contributed by atoms with Crippen molar-refractivity contribution in [1.29, 1.82) is 0 Å². The number of halogens is 7. The minimum Gasteiger partial charge on any atom is -0.250 e. The minimum absolute atomic E-state index is 0.140. The van der Waals surface area contributed by atoms with Crippen LogP contribution in [0.2, 0.25) is 5.15 Å². The first kappa shape index (κ1) is 15.6. The molecule has 9 heteroatoms. The molecule has 1 aromatic heterocycles. The van der Waals surface area contributed by atoms with E-state index < -0.39 is 34.8 Å². The molecular weight excluding hydrogens is 322 g/mol. The smallest absolute Gasteiger partial charge is 0.250 e. The fraction of sp³-hybridized carbons (Fsp3) is 0.167. The van der Waals surface area contributed by atoms with Crippen molar-refractivity contribution >= 4 is 11.6 Å². The molecule has 0 saturated heterocycles. The lowest BCUT2D eigenvalue weighted by molar-refractivity contribution is -0.139. The third kappa shape index (κ3) is 3.26. The summed E-state index contributed by atoms with van der Waals surface area (Å²) in [4.78, 5) is 6.90. The third-order valence-corrected chi connectivity index (χ3v) is 2.81. The van der Waals surface area contributed by atoms with Gasteiger partial charge in [-0.05, 0) is 18.2 Å². The first-order valence-electron chi connectivity index (χ1n) is 5.38. The van der Waals surface area contributed by atoms with Crippen LogP contribution in [0.15, 0.2) is 24.4 Å². The van der Waals surface area contributed by atoms with Gasteiger partial charge in [-0.2, -0.15) is 13.2 Å². The molecule has 0 N–H and O–H groups in total. The number of aromatic nitrogens is 2. The normalized spacial score (nSPS) is 12.0. The van der Waals surface area contributed by atoms with E-state index in [0.717, 1.165) is 12.3 Å². The second-order valence-corrected chi connectivity index (χ2v) is 4.28. The predicted molar refractivity (Wildman–Crippen MR) is 62.4 cm³/mol. The molecule has 0 amide bonds. The van der Waals surface area contributed by atoms with Gasteiger partial charge < -0.3 is 0 Å². The summed E-state index contributed by atoms with van der Waals surface area (Å²) in [7, 11) is 0. The maximum absolute atomic E-state index is 13.1. The second kappa shape index (κ2) is 5.51. The van der Waals surface area contributed by atoms with E-state index in [4.69, 9.17) is 11.6 Å². The second-order valence-electron chi connectivity index (χ2n) is 3.92. The van der Waals surface area contributed by atoms with Crippen molar-refractivity contribution in [2.45, 2.75) is 12.6 Å². The Balaban J connectivity index is 2.50. The SMILES string of the molecule is Fc1ccc(-c2cnc(C(F)F)c(Cl)n2)cc1C(F)(F)F. The fourth-order valence-electron chi connectivity index (χ4n) is 1.56. The zero-order valence-electron chi connectivity index (χ0n) is 9.93. The monoisotopic (exact) mass is 326 g/mol. The maximum Gasteiger partial charge on any atom is 0.419 e. The zero-order chi connectivity index (χ0) is 15.8. The van der Waals surface area contributed by atoms with Crippen molar-refractivity contribution in [3.05, 3.63) is 46.6 Å². The third-order valence-electron chi connectivity index (χ3n) is 2.53. The van der Waals surface area contributed by atoms with E-state index in [9.17, 15) is 26.3 Å². The van der Waals surface area contributed by atoms with Crippen LogP contribution in [0.25, 0.3) is 11.3 Å². The van der Waals surface area contributed by atoms with E-state index in [1.807, 2.05) is 0 Å². The lowest BCUT2D eigenvalue weighted by Gasteiger charge is -2.10. The number of hydrogen-bond acceptors (Lipinski definition) is 2. The molecule has 0 aliphatic heterocycles. The summed E-state index contributed by atoms with van der Waals surface area (Å²) in [5.74, 6) is -1.45. The van der Waals surface area contributed by atoms with Crippen molar-refractivity contribution < 1.29 is 26.3 Å². The number of alkyl halides is 5. The van der Waals surface area contributed by atoms with Gasteiger partial charge in [-0.25, -0.2) is 23.1 Å². The van der Waals surface area contributed by atoms with Gasteiger partial charge in [-0.3, -0.25) is 0 Å². The van der Waals surface area contributed by atoms with Crippen LogP contribution in [0.3, 0.4) is 0 Å². The molecule has 0 spiro atoms. The Morgan fingerprint density at radius 2 is 1.81 bits per heavy atom. The molecular formula is C12H5ClF6N2. The predicted octanol–water partition coefficient (Wildman–Crippen LogP) is 4.89. The minimum atomic E-state index is -4.89. The average molecular weight is 327 g/mol. The van der Waals surface area contributed by atoms with Crippen molar-refractivity contribution in [3.63, 3.8) is 0 Å². The van der Waals surface area contributed by atoms with Crippen molar-refractivity contribution in [3.8, 4) is 11.3 Å². The largest absolute Gasteiger partial charge is 0.419 e. The summed E-state index contributed by atoms with van der Waals surface area (Å²) < 4.78 is 75.8. The summed E-state index contributed by atoms with van der Waals surface area (Å²) in [6.07, 6.45) is -7.00. The van der Waals surface area contributed by atoms with Crippen LogP contribution in [0.4, 0.5) is 26.3 Å². The highest BCUT2D eigenvalue weighted by atomic mass is 35.5. The van der Waals surface area contributed by atoms with E-state index in [1.165, 1.54) is 0 Å². The molecule has 1 heterocycles. The molecule has 0 fully saturated rings. The van der Waals surface area contributed by atoms with Gasteiger partial charge in [-0.15, -0.1) is 0 Å². The Bertz CT molecular complexity index is 671. The van der Waals surface area contributed by atoms with Crippen molar-refractivity contribution in [2.75, 3.05) is 0 Å². The average Bonchev–Trinajstić information content (AvgIpc) is 2.37. The summed E-state index contributed by atoms with van der Waals surface area (Å²) >= 11 is 5.49. The van der Waals surface area contributed by atoms with E-state index in [0.29, 0.717) is 12.1 Å². The molecule has 0 radical (unpaired) electrons. The lowest BCUT2D eigenvalue weighted by atomic mass is 10.1. The molecule has 0 aliphatic carbocycles. The van der Waals surface area contributed by atoms with E-state index in [1.54, 1.807) is 0 Å². The quantitative estimate of drug-likeness (QED) is 0.734. The molecule has 2 nitrogen and oxygen atoms in total. The Morgan fingerprint density at radius 3 is 2.33 bits per heavy atom. The van der Waals surface area contributed by atoms with Crippen molar-refractivity contribution in [1.82, 2.24) is 9.97 Å². The molecule has 21 heavy (non-hydrogen) atoms. The van der Waals surface area contributed by atoms with E-state index in [2.05, 4.69) is 9.97 Å². The van der Waals surface area contributed by atoms with Gasteiger partial charge in [0, 0.05) is 5.56 Å². The molecule has 2 aromatic rings. The molecule has 1 aromatic carbocycles. The molecule has 112 valence electrons. The summed E-state index contributed by atoms with van der Waals surface area (Å²) in [6, 6.07) is 2.14. The number of benzene rings is 1. The standard InChI is InChI=1S/C12H5ClF6N2/c13-10-9(11(15)16)20-4-8(21-10)5-1-2-7(14)6(3-5)12(17,18)19/h1-4,11H. The molecule has 0 atom stereocenters. The first-order valence-corrected chi connectivity index (χ1v) is 5.75. The maximum atomic E-state index is 13.1. The summed E-state index contributed by atoms with van der Waals surface area (Å²) in [5.41, 5.74) is -2.58. The molecule has 2 rings (SSSR count). The highest BCUT2D eigenvalue weighted by Gasteiger charge is 2.34. The van der Waals surface area contributed by atoms with Crippen LogP contribution in [0.5, 0.6) is 0 Å². The van der Waals surface area contributed by atoms with Crippen molar-refractivity contribution in [2.24, 2.45) is 0 Å².